The molecule has 120 valence electrons. The number of hydrogen-bond acceptors (Lipinski definition) is 2. The largest absolute Gasteiger partial charge is 0.336 e. The number of nitrogens with one attached hydrogen (secondary N) is 1. The molecule has 1 atom stereocenters. The molecule has 0 radical (unpaired) electrons. The predicted octanol–water partition coefficient (Wildman–Crippen LogP) is 5.18. The van der Waals surface area contributed by atoms with E-state index in [1.54, 1.807) is 0 Å². The topological polar surface area (TPSA) is 29.1 Å². The highest BCUT2D eigenvalue weighted by Gasteiger charge is 2.22. The van der Waals surface area contributed by atoms with Crippen LogP contribution in [0.15, 0.2) is 60.7 Å². The molecule has 1 amide bonds. The Morgan fingerprint density at radius 3 is 2.17 bits per heavy atom. The van der Waals surface area contributed by atoms with Crippen LogP contribution in [0, 0.1) is 0 Å². The molecular formula is C20H23NOS. The van der Waals surface area contributed by atoms with E-state index in [1.807, 2.05) is 60.3 Å². The van der Waals surface area contributed by atoms with Gasteiger partial charge in [0.1, 0.15) is 5.37 Å². The molecule has 1 N–H and O–H groups in total. The van der Waals surface area contributed by atoms with Gasteiger partial charge in [-0.3, -0.25) is 4.79 Å². The van der Waals surface area contributed by atoms with E-state index in [1.165, 1.54) is 37.7 Å². The van der Waals surface area contributed by atoms with E-state index in [9.17, 15) is 4.79 Å². The van der Waals surface area contributed by atoms with Gasteiger partial charge < -0.3 is 5.32 Å². The molecule has 3 heteroatoms. The summed E-state index contributed by atoms with van der Waals surface area (Å²) in [5, 5.41) is 3.88. The number of carbonyl (C=O) groups is 1. The Morgan fingerprint density at radius 1 is 0.913 bits per heavy atom. The van der Waals surface area contributed by atoms with Crippen LogP contribution in [0.3, 0.4) is 0 Å². The number of benzene rings is 2. The van der Waals surface area contributed by atoms with Gasteiger partial charge >= 0.3 is 0 Å². The van der Waals surface area contributed by atoms with Crippen LogP contribution in [0.4, 0.5) is 0 Å². The SMILES string of the molecule is O=C(NC(SC1CCCCC1)c1ccccc1)c1ccccc1. The third-order valence-corrected chi connectivity index (χ3v) is 5.80. The van der Waals surface area contributed by atoms with Gasteiger partial charge in [-0.2, -0.15) is 0 Å². The molecule has 1 fully saturated rings. The van der Waals surface area contributed by atoms with Crippen molar-refractivity contribution in [2.45, 2.75) is 42.7 Å². The van der Waals surface area contributed by atoms with E-state index >= 15 is 0 Å². The van der Waals surface area contributed by atoms with E-state index < -0.39 is 0 Å². The highest BCUT2D eigenvalue weighted by Crippen LogP contribution is 2.37. The van der Waals surface area contributed by atoms with Crippen molar-refractivity contribution in [1.29, 1.82) is 0 Å². The van der Waals surface area contributed by atoms with Crippen molar-refractivity contribution in [2.75, 3.05) is 0 Å². The number of hydrogen-bond donors (Lipinski definition) is 1. The second kappa shape index (κ2) is 8.21. The van der Waals surface area contributed by atoms with E-state index in [0.717, 1.165) is 5.56 Å². The Hall–Kier alpha value is -1.74. The first-order chi connectivity index (χ1) is 11.3. The Bertz CT molecular complexity index is 608. The van der Waals surface area contributed by atoms with Crippen LogP contribution in [-0.4, -0.2) is 11.2 Å². The highest BCUT2D eigenvalue weighted by molar-refractivity contribution is 8.00. The molecule has 0 heterocycles. The van der Waals surface area contributed by atoms with Gasteiger partial charge in [0.05, 0.1) is 0 Å². The molecule has 2 aromatic carbocycles. The lowest BCUT2D eigenvalue weighted by Gasteiger charge is -2.27. The summed E-state index contributed by atoms with van der Waals surface area (Å²) >= 11 is 1.91. The fraction of sp³-hybridized carbons (Fsp3) is 0.350. The fourth-order valence-corrected chi connectivity index (χ4v) is 4.49. The van der Waals surface area contributed by atoms with E-state index in [-0.39, 0.29) is 11.3 Å². The van der Waals surface area contributed by atoms with Gasteiger partial charge in [-0.05, 0) is 30.5 Å². The van der Waals surface area contributed by atoms with Crippen LogP contribution in [0.1, 0.15) is 53.4 Å². The molecule has 0 aromatic heterocycles. The quantitative estimate of drug-likeness (QED) is 0.767. The molecule has 2 nitrogen and oxygen atoms in total. The summed E-state index contributed by atoms with van der Waals surface area (Å²) < 4.78 is 0. The summed E-state index contributed by atoms with van der Waals surface area (Å²) in [4.78, 5) is 12.5. The first-order valence-corrected chi connectivity index (χ1v) is 9.33. The maximum Gasteiger partial charge on any atom is 0.252 e. The summed E-state index contributed by atoms with van der Waals surface area (Å²) in [5.41, 5.74) is 1.89. The minimum atomic E-state index is 0.00256. The fourth-order valence-electron chi connectivity index (χ4n) is 3.01. The molecule has 0 aliphatic heterocycles. The molecule has 0 spiro atoms. The Kier molecular flexibility index (Phi) is 5.76. The van der Waals surface area contributed by atoms with Gasteiger partial charge in [-0.1, -0.05) is 67.8 Å². The lowest BCUT2D eigenvalue weighted by molar-refractivity contribution is 0.0949. The van der Waals surface area contributed by atoms with Crippen molar-refractivity contribution in [3.05, 3.63) is 71.8 Å². The predicted molar refractivity (Wildman–Crippen MR) is 97.6 cm³/mol. The maximum absolute atomic E-state index is 12.5. The molecule has 1 aliphatic carbocycles. The van der Waals surface area contributed by atoms with Crippen LogP contribution >= 0.6 is 11.8 Å². The zero-order chi connectivity index (χ0) is 15.9. The maximum atomic E-state index is 12.5. The standard InChI is InChI=1S/C20H23NOS/c22-19(16-10-4-1-5-11-16)21-20(17-12-6-2-7-13-17)23-18-14-8-3-9-15-18/h1-2,4-7,10-13,18,20H,3,8-9,14-15H2,(H,21,22). The average molecular weight is 325 g/mol. The first kappa shape index (κ1) is 16.1. The zero-order valence-electron chi connectivity index (χ0n) is 13.3. The third-order valence-electron chi connectivity index (χ3n) is 4.28. The molecule has 0 bridgehead atoms. The van der Waals surface area contributed by atoms with Crippen molar-refractivity contribution in [3.8, 4) is 0 Å². The van der Waals surface area contributed by atoms with Gasteiger partial charge in [-0.15, -0.1) is 11.8 Å². The van der Waals surface area contributed by atoms with Crippen LogP contribution < -0.4 is 5.32 Å². The van der Waals surface area contributed by atoms with Crippen molar-refractivity contribution in [3.63, 3.8) is 0 Å². The summed E-state index contributed by atoms with van der Waals surface area (Å²) in [5.74, 6) is 0.00256. The second-order valence-electron chi connectivity index (χ2n) is 6.03. The van der Waals surface area contributed by atoms with Crippen molar-refractivity contribution in [2.24, 2.45) is 0 Å². The normalized spacial score (nSPS) is 16.7. The number of carbonyl (C=O) groups excluding carboxylic acids is 1. The molecule has 2 aromatic rings. The lowest BCUT2D eigenvalue weighted by atomic mass is 10.0. The Labute approximate surface area is 142 Å². The Balaban J connectivity index is 1.73. The number of thioether (sulfide) groups is 1. The number of amides is 1. The zero-order valence-corrected chi connectivity index (χ0v) is 14.1. The smallest absolute Gasteiger partial charge is 0.252 e. The van der Waals surface area contributed by atoms with Gasteiger partial charge in [0.15, 0.2) is 0 Å². The highest BCUT2D eigenvalue weighted by atomic mass is 32.2. The van der Waals surface area contributed by atoms with Gasteiger partial charge in [0.25, 0.3) is 5.91 Å². The van der Waals surface area contributed by atoms with Crippen LogP contribution in [-0.2, 0) is 0 Å². The molecule has 23 heavy (non-hydrogen) atoms. The first-order valence-electron chi connectivity index (χ1n) is 8.39. The van der Waals surface area contributed by atoms with Crippen molar-refractivity contribution < 1.29 is 4.79 Å². The number of rotatable bonds is 5. The van der Waals surface area contributed by atoms with Gasteiger partial charge in [-0.25, -0.2) is 0 Å². The summed E-state index contributed by atoms with van der Waals surface area (Å²) in [6.45, 7) is 0. The lowest BCUT2D eigenvalue weighted by Crippen LogP contribution is -2.28. The van der Waals surface area contributed by atoms with Crippen LogP contribution in [0.5, 0.6) is 0 Å². The minimum Gasteiger partial charge on any atom is -0.336 e. The van der Waals surface area contributed by atoms with Crippen molar-refractivity contribution in [1.82, 2.24) is 5.32 Å². The molecular weight excluding hydrogens is 302 g/mol. The molecule has 1 unspecified atom stereocenters. The third kappa shape index (κ3) is 4.61. The van der Waals surface area contributed by atoms with Crippen LogP contribution in [0.25, 0.3) is 0 Å². The summed E-state index contributed by atoms with van der Waals surface area (Å²) in [6, 6.07) is 19.8. The Morgan fingerprint density at radius 2 is 1.52 bits per heavy atom. The second-order valence-corrected chi connectivity index (χ2v) is 7.44. The molecule has 0 saturated heterocycles. The van der Waals surface area contributed by atoms with E-state index in [4.69, 9.17) is 0 Å². The molecule has 1 saturated carbocycles. The monoisotopic (exact) mass is 325 g/mol. The van der Waals surface area contributed by atoms with Gasteiger partial charge in [0.2, 0.25) is 0 Å². The van der Waals surface area contributed by atoms with E-state index in [2.05, 4.69) is 17.4 Å². The molecule has 1 aliphatic rings. The minimum absolute atomic E-state index is 0.00256. The van der Waals surface area contributed by atoms with Crippen molar-refractivity contribution >= 4 is 17.7 Å². The van der Waals surface area contributed by atoms with E-state index in [0.29, 0.717) is 5.25 Å². The summed E-state index contributed by atoms with van der Waals surface area (Å²) in [7, 11) is 0. The molecule has 3 rings (SSSR count). The summed E-state index contributed by atoms with van der Waals surface area (Å²) in [6.07, 6.45) is 6.49. The average Bonchev–Trinajstić information content (AvgIpc) is 2.63. The van der Waals surface area contributed by atoms with Crippen LogP contribution in [0.2, 0.25) is 0 Å². The van der Waals surface area contributed by atoms with Gasteiger partial charge in [0, 0.05) is 10.8 Å².